The summed E-state index contributed by atoms with van der Waals surface area (Å²) >= 11 is 1.84. The molecule has 1 aliphatic carbocycles. The first-order valence-electron chi connectivity index (χ1n) is 13.6. The van der Waals surface area contributed by atoms with Crippen molar-refractivity contribution in [3.63, 3.8) is 0 Å². The van der Waals surface area contributed by atoms with E-state index in [9.17, 15) is 19.2 Å². The molecule has 0 radical (unpaired) electrons. The summed E-state index contributed by atoms with van der Waals surface area (Å²) in [6.45, 7) is 2.50. The van der Waals surface area contributed by atoms with Crippen LogP contribution in [0, 0.1) is 0 Å². The van der Waals surface area contributed by atoms with E-state index in [-0.39, 0.29) is 18.5 Å². The van der Waals surface area contributed by atoms with Crippen molar-refractivity contribution in [3.8, 4) is 0 Å². The molecular formula is C28H28N6O4S. The first-order chi connectivity index (χ1) is 19.0. The molecule has 0 bridgehead atoms. The normalized spacial score (nSPS) is 20.5. The van der Waals surface area contributed by atoms with Crippen molar-refractivity contribution in [2.45, 2.75) is 57.4 Å². The van der Waals surface area contributed by atoms with Crippen LogP contribution in [-0.4, -0.2) is 68.3 Å². The standard InChI is InChI=1S/C28H28N6O4S/c35-22-9-12-33(28(38)31-22)34-26(36)18-6-5-16(13-20(18)27(34)37)14-32-10-7-17(8-11-32)24-23-19-3-1-2-4-21(19)39-25(23)30-15-29-24/h5-6,13,15,17H,1-4,7-12,14H2,(H,31,35,38). The number of carbonyl (C=O) groups excluding carboxylic acids is 4. The van der Waals surface area contributed by atoms with E-state index in [2.05, 4.69) is 15.2 Å². The van der Waals surface area contributed by atoms with Crippen LogP contribution >= 0.6 is 11.3 Å². The molecule has 1 N–H and O–H groups in total. The van der Waals surface area contributed by atoms with Gasteiger partial charge in [0, 0.05) is 29.1 Å². The summed E-state index contributed by atoms with van der Waals surface area (Å²) in [5.41, 5.74) is 4.22. The number of aryl methyl sites for hydroxylation is 2. The van der Waals surface area contributed by atoms with Crippen LogP contribution in [0.15, 0.2) is 24.5 Å². The molecular weight excluding hydrogens is 516 g/mol. The maximum Gasteiger partial charge on any atom is 0.343 e. The van der Waals surface area contributed by atoms with Gasteiger partial charge < -0.3 is 0 Å². The number of carbonyl (C=O) groups is 4. The third-order valence-electron chi connectivity index (χ3n) is 8.36. The predicted molar refractivity (Wildman–Crippen MR) is 143 cm³/mol. The second-order valence-corrected chi connectivity index (χ2v) is 11.8. The monoisotopic (exact) mass is 544 g/mol. The molecule has 0 atom stereocenters. The fourth-order valence-corrected chi connectivity index (χ4v) is 7.62. The minimum absolute atomic E-state index is 0.00916. The van der Waals surface area contributed by atoms with E-state index in [1.165, 1.54) is 34.4 Å². The van der Waals surface area contributed by atoms with Gasteiger partial charge in [0.15, 0.2) is 0 Å². The maximum atomic E-state index is 13.1. The molecule has 2 aromatic heterocycles. The van der Waals surface area contributed by atoms with Crippen molar-refractivity contribution in [2.24, 2.45) is 0 Å². The fourth-order valence-electron chi connectivity index (χ4n) is 6.39. The first-order valence-corrected chi connectivity index (χ1v) is 14.4. The molecule has 0 saturated carbocycles. The molecule has 0 unspecified atom stereocenters. The van der Waals surface area contributed by atoms with Crippen LogP contribution in [0.1, 0.15) is 80.4 Å². The van der Waals surface area contributed by atoms with E-state index in [1.54, 1.807) is 18.5 Å². The number of thiophene rings is 1. The number of imide groups is 2. The number of amides is 5. The zero-order chi connectivity index (χ0) is 26.7. The van der Waals surface area contributed by atoms with E-state index in [0.29, 0.717) is 18.0 Å². The van der Waals surface area contributed by atoms with Gasteiger partial charge in [-0.3, -0.25) is 24.6 Å². The highest BCUT2D eigenvalue weighted by molar-refractivity contribution is 7.18. The molecule has 11 heteroatoms. The van der Waals surface area contributed by atoms with E-state index < -0.39 is 23.8 Å². The van der Waals surface area contributed by atoms with Gasteiger partial charge in [-0.2, -0.15) is 5.01 Å². The molecule has 0 spiro atoms. The highest BCUT2D eigenvalue weighted by Gasteiger charge is 2.43. The number of benzene rings is 1. The third kappa shape index (κ3) is 4.11. The Bertz CT molecular complexity index is 1540. The molecule has 1 aromatic carbocycles. The van der Waals surface area contributed by atoms with Crippen molar-refractivity contribution in [1.82, 2.24) is 30.2 Å². The Kier molecular flexibility index (Phi) is 5.93. The lowest BCUT2D eigenvalue weighted by Gasteiger charge is -2.32. The zero-order valence-electron chi connectivity index (χ0n) is 21.4. The van der Waals surface area contributed by atoms with Gasteiger partial charge in [-0.25, -0.2) is 19.8 Å². The molecule has 3 aromatic rings. The first kappa shape index (κ1) is 24.3. The molecule has 2 saturated heterocycles. The van der Waals surface area contributed by atoms with Crippen LogP contribution in [0.2, 0.25) is 0 Å². The van der Waals surface area contributed by atoms with E-state index in [1.807, 2.05) is 17.4 Å². The lowest BCUT2D eigenvalue weighted by molar-refractivity contribution is -0.122. The Morgan fingerprint density at radius 3 is 2.54 bits per heavy atom. The van der Waals surface area contributed by atoms with Crippen molar-refractivity contribution in [2.75, 3.05) is 19.6 Å². The summed E-state index contributed by atoms with van der Waals surface area (Å²) in [5.74, 6) is -1.09. The highest BCUT2D eigenvalue weighted by Crippen LogP contribution is 2.40. The molecule has 10 nitrogen and oxygen atoms in total. The minimum atomic E-state index is -0.757. The second-order valence-electron chi connectivity index (χ2n) is 10.7. The Hall–Kier alpha value is -3.70. The Morgan fingerprint density at radius 2 is 1.72 bits per heavy atom. The van der Waals surface area contributed by atoms with Crippen LogP contribution in [0.3, 0.4) is 0 Å². The second kappa shape index (κ2) is 9.49. The van der Waals surface area contributed by atoms with E-state index in [4.69, 9.17) is 4.98 Å². The lowest BCUT2D eigenvalue weighted by Crippen LogP contribution is -2.58. The molecule has 5 heterocycles. The number of fused-ring (bicyclic) bond motifs is 4. The lowest BCUT2D eigenvalue weighted by atomic mass is 9.88. The van der Waals surface area contributed by atoms with Crippen molar-refractivity contribution >= 4 is 45.3 Å². The molecule has 3 aliphatic heterocycles. The van der Waals surface area contributed by atoms with Crippen LogP contribution in [0.25, 0.3) is 10.2 Å². The average Bonchev–Trinajstić information content (AvgIpc) is 3.44. The summed E-state index contributed by atoms with van der Waals surface area (Å²) in [4.78, 5) is 64.2. The number of nitrogens with one attached hydrogen (secondary N) is 1. The minimum Gasteiger partial charge on any atom is -0.299 e. The topological polar surface area (TPSA) is 116 Å². The Morgan fingerprint density at radius 1 is 0.923 bits per heavy atom. The summed E-state index contributed by atoms with van der Waals surface area (Å²) in [7, 11) is 0. The largest absolute Gasteiger partial charge is 0.343 e. The number of likely N-dealkylation sites (tertiary alicyclic amines) is 1. The van der Waals surface area contributed by atoms with E-state index in [0.717, 1.165) is 59.2 Å². The van der Waals surface area contributed by atoms with Gasteiger partial charge in [-0.15, -0.1) is 11.3 Å². The zero-order valence-corrected chi connectivity index (χ0v) is 22.3. The van der Waals surface area contributed by atoms with Gasteiger partial charge in [-0.1, -0.05) is 6.07 Å². The van der Waals surface area contributed by atoms with Gasteiger partial charge in [0.2, 0.25) is 5.91 Å². The molecule has 5 amide bonds. The summed E-state index contributed by atoms with van der Waals surface area (Å²) in [5, 5.41) is 5.35. The number of hydrogen-bond acceptors (Lipinski definition) is 8. The quantitative estimate of drug-likeness (QED) is 0.501. The number of rotatable bonds is 4. The number of aromatic nitrogens is 2. The molecule has 7 rings (SSSR count). The highest BCUT2D eigenvalue weighted by atomic mass is 32.1. The summed E-state index contributed by atoms with van der Waals surface area (Å²) in [6.07, 6.45) is 8.57. The van der Waals surface area contributed by atoms with Crippen molar-refractivity contribution in [1.29, 1.82) is 0 Å². The average molecular weight is 545 g/mol. The fraction of sp³-hybridized carbons (Fsp3) is 0.429. The van der Waals surface area contributed by atoms with Crippen molar-refractivity contribution in [3.05, 3.63) is 57.4 Å². The SMILES string of the molecule is O=C1CCN(N2C(=O)c3ccc(CN4CCC(c5ncnc6sc7c(c56)CCCC7)CC4)cc3C2=O)C(=O)N1. The number of nitrogens with zero attached hydrogens (tertiary/aromatic N) is 5. The number of hydrogen-bond donors (Lipinski definition) is 1. The Labute approximate surface area is 229 Å². The molecule has 39 heavy (non-hydrogen) atoms. The molecule has 4 aliphatic rings. The molecule has 200 valence electrons. The van der Waals surface area contributed by atoms with Gasteiger partial charge in [0.25, 0.3) is 11.8 Å². The van der Waals surface area contributed by atoms with Crippen LogP contribution in [0.5, 0.6) is 0 Å². The van der Waals surface area contributed by atoms with Gasteiger partial charge in [-0.05, 0) is 74.9 Å². The molecule has 2 fully saturated rings. The van der Waals surface area contributed by atoms with Gasteiger partial charge >= 0.3 is 6.03 Å². The number of urea groups is 1. The van der Waals surface area contributed by atoms with Crippen LogP contribution in [0.4, 0.5) is 4.79 Å². The van der Waals surface area contributed by atoms with Gasteiger partial charge in [0.1, 0.15) is 11.2 Å². The van der Waals surface area contributed by atoms with Crippen LogP contribution < -0.4 is 5.32 Å². The summed E-state index contributed by atoms with van der Waals surface area (Å²) in [6, 6.07) is 4.56. The van der Waals surface area contributed by atoms with Gasteiger partial charge in [0.05, 0.1) is 23.4 Å². The third-order valence-corrected chi connectivity index (χ3v) is 9.56. The van der Waals surface area contributed by atoms with Crippen LogP contribution in [-0.2, 0) is 24.2 Å². The van der Waals surface area contributed by atoms with E-state index >= 15 is 0 Å². The van der Waals surface area contributed by atoms with Crippen molar-refractivity contribution < 1.29 is 19.2 Å². The number of piperidine rings is 1. The maximum absolute atomic E-state index is 13.1. The Balaban J connectivity index is 1.04. The summed E-state index contributed by atoms with van der Waals surface area (Å²) < 4.78 is 0. The number of hydrazine groups is 1. The smallest absolute Gasteiger partial charge is 0.299 e. The predicted octanol–water partition coefficient (Wildman–Crippen LogP) is 3.40.